The van der Waals surface area contributed by atoms with Gasteiger partial charge in [0.25, 0.3) is 0 Å². The minimum atomic E-state index is -3.16. The molecule has 0 radical (unpaired) electrons. The molecule has 0 aromatic carbocycles. The highest BCUT2D eigenvalue weighted by Gasteiger charge is 2.37. The monoisotopic (exact) mass is 279 g/mol. The number of amides is 1. The number of likely N-dealkylation sites (tertiary alicyclic amines) is 1. The number of sulfone groups is 1. The van der Waals surface area contributed by atoms with Crippen LogP contribution >= 0.6 is 0 Å². The van der Waals surface area contributed by atoms with Gasteiger partial charge in [-0.3, -0.25) is 0 Å². The van der Waals surface area contributed by atoms with E-state index in [2.05, 4.69) is 0 Å². The van der Waals surface area contributed by atoms with E-state index in [0.29, 0.717) is 0 Å². The van der Waals surface area contributed by atoms with Crippen LogP contribution in [0.15, 0.2) is 0 Å². The molecule has 0 spiro atoms. The van der Waals surface area contributed by atoms with Crippen LogP contribution in [0, 0.1) is 5.92 Å². The van der Waals surface area contributed by atoms with Gasteiger partial charge in [-0.15, -0.1) is 0 Å². The summed E-state index contributed by atoms with van der Waals surface area (Å²) in [5.74, 6) is -0.555. The lowest BCUT2D eigenvalue weighted by Gasteiger charge is -2.24. The zero-order chi connectivity index (χ0) is 14.1. The lowest BCUT2D eigenvalue weighted by atomic mass is 10.1. The van der Waals surface area contributed by atoms with Crippen LogP contribution in [-0.2, 0) is 14.6 Å². The summed E-state index contributed by atoms with van der Waals surface area (Å²) < 4.78 is 27.6. The number of hydrogen-bond donors (Lipinski definition) is 1. The number of β-amino-alcohol motifs (C(OH)–C–C–N with tert-alkyl or cyclic N) is 1. The Morgan fingerprint density at radius 3 is 2.39 bits per heavy atom. The maximum Gasteiger partial charge on any atom is 0.410 e. The zero-order valence-corrected chi connectivity index (χ0v) is 12.0. The second-order valence-electron chi connectivity index (χ2n) is 5.81. The molecule has 1 amide bonds. The van der Waals surface area contributed by atoms with Gasteiger partial charge in [-0.1, -0.05) is 0 Å². The van der Waals surface area contributed by atoms with Crippen molar-refractivity contribution in [2.75, 3.05) is 25.1 Å². The van der Waals surface area contributed by atoms with Gasteiger partial charge in [0.2, 0.25) is 0 Å². The highest BCUT2D eigenvalue weighted by atomic mass is 32.2. The Bertz CT molecular complexity index is 412. The third kappa shape index (κ3) is 4.81. The van der Waals surface area contributed by atoms with Gasteiger partial charge in [-0.05, 0) is 20.8 Å². The van der Waals surface area contributed by atoms with Crippen molar-refractivity contribution in [1.29, 1.82) is 0 Å². The number of hydrogen-bond acceptors (Lipinski definition) is 5. The summed E-state index contributed by atoms with van der Waals surface area (Å²) in [5, 5.41) is 9.76. The molecule has 1 unspecified atom stereocenters. The summed E-state index contributed by atoms with van der Waals surface area (Å²) in [6, 6.07) is 0. The number of rotatable bonds is 2. The van der Waals surface area contributed by atoms with E-state index in [1.165, 1.54) is 4.90 Å². The Morgan fingerprint density at radius 2 is 1.94 bits per heavy atom. The third-order valence-corrected chi connectivity index (χ3v) is 3.61. The molecular weight excluding hydrogens is 258 g/mol. The average Bonchev–Trinajstić information content (AvgIpc) is 2.42. The SMILES string of the molecule is CC(C)(C)OC(=O)N1CC(O)[C@@H](CS(C)(=O)=O)C1. The second-order valence-corrected chi connectivity index (χ2v) is 7.99. The van der Waals surface area contributed by atoms with Crippen LogP contribution in [0.5, 0.6) is 0 Å². The fraction of sp³-hybridized carbons (Fsp3) is 0.909. The second kappa shape index (κ2) is 5.05. The molecule has 1 fully saturated rings. The molecule has 2 atom stereocenters. The number of nitrogens with zero attached hydrogens (tertiary/aromatic N) is 1. The molecule has 1 heterocycles. The Kier molecular flexibility index (Phi) is 4.27. The van der Waals surface area contributed by atoms with Crippen molar-refractivity contribution in [3.8, 4) is 0 Å². The van der Waals surface area contributed by atoms with Crippen molar-refractivity contribution in [3.05, 3.63) is 0 Å². The maximum absolute atomic E-state index is 11.8. The fourth-order valence-corrected chi connectivity index (χ4v) is 2.99. The Labute approximate surface area is 108 Å². The van der Waals surface area contributed by atoms with Crippen molar-refractivity contribution in [2.45, 2.75) is 32.5 Å². The highest BCUT2D eigenvalue weighted by Crippen LogP contribution is 2.21. The summed E-state index contributed by atoms with van der Waals surface area (Å²) in [7, 11) is -3.16. The molecule has 106 valence electrons. The highest BCUT2D eigenvalue weighted by molar-refractivity contribution is 7.90. The van der Waals surface area contributed by atoms with Gasteiger partial charge in [0.05, 0.1) is 18.4 Å². The zero-order valence-electron chi connectivity index (χ0n) is 11.2. The van der Waals surface area contributed by atoms with E-state index >= 15 is 0 Å². The molecule has 1 N–H and O–H groups in total. The summed E-state index contributed by atoms with van der Waals surface area (Å²) in [5.41, 5.74) is -0.600. The molecule has 1 aliphatic heterocycles. The number of aliphatic hydroxyl groups is 1. The largest absolute Gasteiger partial charge is 0.444 e. The first kappa shape index (κ1) is 15.2. The van der Waals surface area contributed by atoms with Gasteiger partial charge in [0.15, 0.2) is 0 Å². The van der Waals surface area contributed by atoms with Crippen molar-refractivity contribution in [1.82, 2.24) is 4.90 Å². The summed E-state index contributed by atoms with van der Waals surface area (Å²) >= 11 is 0. The molecule has 0 aromatic heterocycles. The first-order valence-electron chi connectivity index (χ1n) is 5.81. The molecule has 0 aliphatic carbocycles. The Hall–Kier alpha value is -0.820. The molecule has 1 aliphatic rings. The van der Waals surface area contributed by atoms with Crippen LogP contribution < -0.4 is 0 Å². The molecule has 0 bridgehead atoms. The van der Waals surface area contributed by atoms with E-state index < -0.39 is 33.6 Å². The summed E-state index contributed by atoms with van der Waals surface area (Å²) in [4.78, 5) is 13.1. The molecule has 1 rings (SSSR count). The molecule has 0 saturated carbocycles. The van der Waals surface area contributed by atoms with Crippen LogP contribution in [0.1, 0.15) is 20.8 Å². The quantitative estimate of drug-likeness (QED) is 0.784. The normalized spacial score (nSPS) is 25.3. The molecule has 18 heavy (non-hydrogen) atoms. The van der Waals surface area contributed by atoms with Crippen LogP contribution in [-0.4, -0.2) is 61.3 Å². The van der Waals surface area contributed by atoms with E-state index in [-0.39, 0.29) is 18.8 Å². The Morgan fingerprint density at radius 1 is 1.39 bits per heavy atom. The van der Waals surface area contributed by atoms with E-state index in [0.717, 1.165) is 6.26 Å². The van der Waals surface area contributed by atoms with E-state index in [9.17, 15) is 18.3 Å². The molecular formula is C11H21NO5S. The predicted molar refractivity (Wildman–Crippen MR) is 67.0 cm³/mol. The van der Waals surface area contributed by atoms with Gasteiger partial charge in [-0.25, -0.2) is 13.2 Å². The standard InChI is InChI=1S/C11H21NO5S/c1-11(2,3)17-10(14)12-5-8(9(13)6-12)7-18(4,15)16/h8-9,13H,5-7H2,1-4H3/t8-,9?/m1/s1. The number of aliphatic hydroxyl groups excluding tert-OH is 1. The lowest BCUT2D eigenvalue weighted by molar-refractivity contribution is 0.0270. The Balaban J connectivity index is 2.61. The van der Waals surface area contributed by atoms with Gasteiger partial charge in [-0.2, -0.15) is 0 Å². The van der Waals surface area contributed by atoms with Gasteiger partial charge in [0.1, 0.15) is 15.4 Å². The van der Waals surface area contributed by atoms with Crippen LogP contribution in [0.2, 0.25) is 0 Å². The number of ether oxygens (including phenoxy) is 1. The van der Waals surface area contributed by atoms with Crippen molar-refractivity contribution in [3.63, 3.8) is 0 Å². The first-order valence-corrected chi connectivity index (χ1v) is 7.88. The maximum atomic E-state index is 11.8. The van der Waals surface area contributed by atoms with Crippen LogP contribution in [0.25, 0.3) is 0 Å². The smallest absolute Gasteiger partial charge is 0.410 e. The van der Waals surface area contributed by atoms with Crippen LogP contribution in [0.3, 0.4) is 0 Å². The predicted octanol–water partition coefficient (Wildman–Crippen LogP) is 0.259. The summed E-state index contributed by atoms with van der Waals surface area (Å²) in [6.07, 6.45) is -0.208. The minimum absolute atomic E-state index is 0.118. The fourth-order valence-electron chi connectivity index (χ4n) is 1.88. The molecule has 1 saturated heterocycles. The van der Waals surface area contributed by atoms with Crippen LogP contribution in [0.4, 0.5) is 4.79 Å². The topological polar surface area (TPSA) is 83.9 Å². The number of carbonyl (C=O) groups is 1. The van der Waals surface area contributed by atoms with Crippen molar-refractivity contribution < 1.29 is 23.1 Å². The van der Waals surface area contributed by atoms with E-state index in [4.69, 9.17) is 4.74 Å². The molecule has 7 heteroatoms. The molecule has 6 nitrogen and oxygen atoms in total. The first-order chi connectivity index (χ1) is 7.98. The molecule has 0 aromatic rings. The van der Waals surface area contributed by atoms with Crippen molar-refractivity contribution >= 4 is 15.9 Å². The number of carbonyl (C=O) groups excluding carboxylic acids is 1. The van der Waals surface area contributed by atoms with Gasteiger partial charge < -0.3 is 14.7 Å². The van der Waals surface area contributed by atoms with Gasteiger partial charge in [0, 0.05) is 18.7 Å². The lowest BCUT2D eigenvalue weighted by Crippen LogP contribution is -2.36. The van der Waals surface area contributed by atoms with E-state index in [1.54, 1.807) is 20.8 Å². The minimum Gasteiger partial charge on any atom is -0.444 e. The average molecular weight is 279 g/mol. The van der Waals surface area contributed by atoms with Gasteiger partial charge >= 0.3 is 6.09 Å². The summed E-state index contributed by atoms with van der Waals surface area (Å²) in [6.45, 7) is 5.60. The van der Waals surface area contributed by atoms with E-state index in [1.807, 2.05) is 0 Å². The third-order valence-electron chi connectivity index (χ3n) is 2.58. The van der Waals surface area contributed by atoms with Crippen molar-refractivity contribution in [2.24, 2.45) is 5.92 Å².